The van der Waals surface area contributed by atoms with Crippen molar-refractivity contribution in [2.75, 3.05) is 26.4 Å². The third-order valence-corrected chi connectivity index (χ3v) is 7.43. The van der Waals surface area contributed by atoms with E-state index in [0.717, 1.165) is 22.8 Å². The van der Waals surface area contributed by atoms with E-state index in [0.29, 0.717) is 6.07 Å². The van der Waals surface area contributed by atoms with Crippen LogP contribution in [-0.4, -0.2) is 60.4 Å². The van der Waals surface area contributed by atoms with Crippen LogP contribution in [0.3, 0.4) is 0 Å². The van der Waals surface area contributed by atoms with E-state index < -0.39 is 33.1 Å². The maximum atomic E-state index is 14.8. The Morgan fingerprint density at radius 1 is 1.16 bits per heavy atom. The Labute approximate surface area is 215 Å². The van der Waals surface area contributed by atoms with Gasteiger partial charge in [0, 0.05) is 51.8 Å². The summed E-state index contributed by atoms with van der Waals surface area (Å²) in [5.74, 6) is -2.74. The van der Waals surface area contributed by atoms with Crippen molar-refractivity contribution in [1.82, 2.24) is 25.0 Å². The van der Waals surface area contributed by atoms with E-state index in [9.17, 15) is 22.0 Å². The highest BCUT2D eigenvalue weighted by molar-refractivity contribution is 7.91. The number of fused-ring (bicyclic) bond motifs is 1. The second-order valence-corrected chi connectivity index (χ2v) is 11.2. The van der Waals surface area contributed by atoms with Gasteiger partial charge in [0.2, 0.25) is 0 Å². The van der Waals surface area contributed by atoms with E-state index in [2.05, 4.69) is 15.5 Å². The molecule has 2 heterocycles. The van der Waals surface area contributed by atoms with E-state index in [-0.39, 0.29) is 34.6 Å². The summed E-state index contributed by atoms with van der Waals surface area (Å²) >= 11 is 0. The number of nitrogens with zero attached hydrogens (tertiary/aromatic N) is 3. The third-order valence-electron chi connectivity index (χ3n) is 5.71. The van der Waals surface area contributed by atoms with E-state index in [1.807, 2.05) is 58.1 Å². The minimum absolute atomic E-state index is 0.134. The molecular formula is C26H31F2N5O3S. The molecule has 0 spiro atoms. The zero-order valence-electron chi connectivity index (χ0n) is 21.5. The molecule has 37 heavy (non-hydrogen) atoms. The van der Waals surface area contributed by atoms with Crippen LogP contribution in [-0.2, 0) is 16.4 Å². The zero-order valence-corrected chi connectivity index (χ0v) is 22.3. The van der Waals surface area contributed by atoms with Crippen LogP contribution < -0.4 is 5.32 Å². The van der Waals surface area contributed by atoms with Gasteiger partial charge in [-0.15, -0.1) is 0 Å². The standard InChI is InChI=1S/C26H31F2N5O3S/c1-17(6-7-18(2)19(3)15-32(4)5)14-33-16-24(25-21(28)12-20(27)13-23(25)33)37(35,36)11-10-29-26(34)22-8-9-30-31-22/h6-9,12-13,15-16H,10-11,14H2,1-5H3,(H,29,34)(H,30,31). The van der Waals surface area contributed by atoms with E-state index in [1.165, 1.54) is 23.0 Å². The monoisotopic (exact) mass is 531 g/mol. The number of nitrogens with one attached hydrogen (secondary N) is 2. The number of sulfone groups is 1. The first-order valence-corrected chi connectivity index (χ1v) is 13.2. The number of aromatic nitrogens is 3. The Morgan fingerprint density at radius 2 is 1.89 bits per heavy atom. The summed E-state index contributed by atoms with van der Waals surface area (Å²) in [5.41, 5.74) is 3.30. The predicted molar refractivity (Wildman–Crippen MR) is 140 cm³/mol. The van der Waals surface area contributed by atoms with Crippen LogP contribution in [0.4, 0.5) is 8.78 Å². The van der Waals surface area contributed by atoms with Crippen molar-refractivity contribution >= 4 is 26.6 Å². The number of carbonyl (C=O) groups excluding carboxylic acids is 1. The molecule has 0 bridgehead atoms. The van der Waals surface area contributed by atoms with Gasteiger partial charge in [-0.25, -0.2) is 17.2 Å². The average Bonchev–Trinajstić information content (AvgIpc) is 3.46. The lowest BCUT2D eigenvalue weighted by Gasteiger charge is -2.09. The minimum Gasteiger partial charge on any atom is -0.383 e. The normalized spacial score (nSPS) is 13.3. The molecule has 0 atom stereocenters. The lowest BCUT2D eigenvalue weighted by Crippen LogP contribution is -2.29. The van der Waals surface area contributed by atoms with Crippen LogP contribution in [0.15, 0.2) is 70.6 Å². The van der Waals surface area contributed by atoms with Crippen LogP contribution in [0.1, 0.15) is 31.3 Å². The van der Waals surface area contributed by atoms with Gasteiger partial charge < -0.3 is 14.8 Å². The molecule has 1 aromatic carbocycles. The first-order chi connectivity index (χ1) is 17.4. The zero-order chi connectivity index (χ0) is 27.3. The molecule has 2 aromatic heterocycles. The Morgan fingerprint density at radius 3 is 2.54 bits per heavy atom. The molecular weight excluding hydrogens is 500 g/mol. The number of halogens is 2. The number of rotatable bonds is 10. The molecule has 1 amide bonds. The molecule has 0 aliphatic rings. The van der Waals surface area contributed by atoms with Crippen LogP contribution in [0.5, 0.6) is 0 Å². The Balaban J connectivity index is 1.89. The van der Waals surface area contributed by atoms with E-state index in [4.69, 9.17) is 0 Å². The molecule has 198 valence electrons. The van der Waals surface area contributed by atoms with E-state index >= 15 is 0 Å². The number of hydrogen-bond donors (Lipinski definition) is 2. The smallest absolute Gasteiger partial charge is 0.269 e. The largest absolute Gasteiger partial charge is 0.383 e. The van der Waals surface area contributed by atoms with Gasteiger partial charge >= 0.3 is 0 Å². The van der Waals surface area contributed by atoms with Gasteiger partial charge in [0.05, 0.1) is 21.6 Å². The summed E-state index contributed by atoms with van der Waals surface area (Å²) in [6.45, 7) is 5.86. The maximum Gasteiger partial charge on any atom is 0.269 e. The fourth-order valence-electron chi connectivity index (χ4n) is 3.77. The SMILES string of the molecule is CC(=CC=C(C)C(C)=CN(C)C)Cn1cc(S(=O)(=O)CCNC(=O)c2ccn[nH]2)c2c(F)cc(F)cc21. The maximum absolute atomic E-state index is 14.8. The Bertz CT molecular complexity index is 1480. The highest BCUT2D eigenvalue weighted by atomic mass is 32.2. The van der Waals surface area contributed by atoms with E-state index in [1.54, 1.807) is 0 Å². The van der Waals surface area contributed by atoms with Gasteiger partial charge in [-0.1, -0.05) is 17.7 Å². The molecule has 2 N–H and O–H groups in total. The number of hydrogen-bond acceptors (Lipinski definition) is 5. The number of H-pyrrole nitrogens is 1. The molecule has 0 saturated heterocycles. The second-order valence-electron chi connectivity index (χ2n) is 9.09. The number of amides is 1. The van der Waals surface area contributed by atoms with Gasteiger partial charge in [-0.2, -0.15) is 5.10 Å². The average molecular weight is 532 g/mol. The molecule has 0 saturated carbocycles. The number of carbonyl (C=O) groups is 1. The lowest BCUT2D eigenvalue weighted by atomic mass is 10.1. The molecule has 11 heteroatoms. The lowest BCUT2D eigenvalue weighted by molar-refractivity contribution is 0.0951. The second kappa shape index (κ2) is 11.5. The van der Waals surface area contributed by atoms with Crippen molar-refractivity contribution in [3.8, 4) is 0 Å². The van der Waals surface area contributed by atoms with Crippen LogP contribution in [0, 0.1) is 11.6 Å². The molecule has 3 aromatic rings. The van der Waals surface area contributed by atoms with Crippen LogP contribution in [0.25, 0.3) is 10.9 Å². The van der Waals surface area contributed by atoms with Crippen molar-refractivity contribution in [2.45, 2.75) is 32.2 Å². The highest BCUT2D eigenvalue weighted by Crippen LogP contribution is 2.30. The third kappa shape index (κ3) is 6.94. The number of allylic oxidation sites excluding steroid dienone is 5. The topological polar surface area (TPSA) is 100 Å². The van der Waals surface area contributed by atoms with Gasteiger partial charge in [0.15, 0.2) is 9.84 Å². The molecule has 0 fully saturated rings. The van der Waals surface area contributed by atoms with Crippen molar-refractivity contribution in [3.05, 3.63) is 83.0 Å². The quantitative estimate of drug-likeness (QED) is 0.382. The molecule has 0 aliphatic carbocycles. The summed E-state index contributed by atoms with van der Waals surface area (Å²) in [5, 5.41) is 8.49. The fraction of sp³-hybridized carbons (Fsp3) is 0.308. The highest BCUT2D eigenvalue weighted by Gasteiger charge is 2.25. The Kier molecular flexibility index (Phi) is 8.69. The van der Waals surface area contributed by atoms with Crippen molar-refractivity contribution in [3.63, 3.8) is 0 Å². The number of benzene rings is 1. The minimum atomic E-state index is -4.02. The van der Waals surface area contributed by atoms with Crippen molar-refractivity contribution in [1.29, 1.82) is 0 Å². The summed E-state index contributed by atoms with van der Waals surface area (Å²) in [6, 6.07) is 3.24. The van der Waals surface area contributed by atoms with Crippen LogP contribution >= 0.6 is 0 Å². The summed E-state index contributed by atoms with van der Waals surface area (Å²) in [4.78, 5) is 13.8. The predicted octanol–water partition coefficient (Wildman–Crippen LogP) is 4.20. The van der Waals surface area contributed by atoms with Crippen molar-refractivity contribution in [2.24, 2.45) is 0 Å². The van der Waals surface area contributed by atoms with Gasteiger partial charge in [0.25, 0.3) is 5.91 Å². The molecule has 0 unspecified atom stereocenters. The van der Waals surface area contributed by atoms with Crippen molar-refractivity contribution < 1.29 is 22.0 Å². The molecule has 3 rings (SSSR count). The van der Waals surface area contributed by atoms with Gasteiger partial charge in [-0.3, -0.25) is 9.89 Å². The fourth-order valence-corrected chi connectivity index (χ4v) is 5.16. The molecule has 0 radical (unpaired) electrons. The molecule has 8 nitrogen and oxygen atoms in total. The van der Waals surface area contributed by atoms with Crippen LogP contribution in [0.2, 0.25) is 0 Å². The first kappa shape index (κ1) is 27.9. The molecule has 0 aliphatic heterocycles. The van der Waals surface area contributed by atoms with Gasteiger partial charge in [0.1, 0.15) is 17.3 Å². The summed E-state index contributed by atoms with van der Waals surface area (Å²) in [7, 11) is -0.144. The Hall–Kier alpha value is -3.73. The van der Waals surface area contributed by atoms with Gasteiger partial charge in [-0.05, 0) is 44.1 Å². The summed E-state index contributed by atoms with van der Waals surface area (Å²) in [6.07, 6.45) is 8.55. The summed E-state index contributed by atoms with van der Waals surface area (Å²) < 4.78 is 56.8. The number of aromatic amines is 1. The first-order valence-electron chi connectivity index (χ1n) is 11.6.